The van der Waals surface area contributed by atoms with Crippen molar-refractivity contribution in [2.24, 2.45) is 0 Å². The normalized spacial score (nSPS) is 15.4. The number of ether oxygens (including phenoxy) is 2. The predicted molar refractivity (Wildman–Crippen MR) is 124 cm³/mol. The van der Waals surface area contributed by atoms with Crippen molar-refractivity contribution in [3.05, 3.63) is 74.1 Å². The number of methoxy groups -OCH3 is 1. The van der Waals surface area contributed by atoms with Crippen molar-refractivity contribution >= 4 is 28.5 Å². The van der Waals surface area contributed by atoms with Crippen molar-refractivity contribution in [2.75, 3.05) is 26.9 Å². The summed E-state index contributed by atoms with van der Waals surface area (Å²) in [6.45, 7) is 5.20. The molecule has 168 valence electrons. The lowest BCUT2D eigenvalue weighted by Crippen LogP contribution is -2.32. The van der Waals surface area contributed by atoms with Crippen molar-refractivity contribution in [2.45, 2.75) is 32.7 Å². The molecular weight excluding hydrogens is 430 g/mol. The Morgan fingerprint density at radius 3 is 2.72 bits per heavy atom. The molecule has 0 bridgehead atoms. The van der Waals surface area contributed by atoms with Crippen LogP contribution in [-0.4, -0.2) is 37.7 Å². The minimum Gasteiger partial charge on any atom is -0.494 e. The van der Waals surface area contributed by atoms with E-state index < -0.39 is 6.04 Å². The van der Waals surface area contributed by atoms with Crippen LogP contribution in [0.15, 0.2) is 45.6 Å². The Kier molecular flexibility index (Phi) is 6.53. The first-order chi connectivity index (χ1) is 15.5. The fraction of sp³-hybridized carbons (Fsp3) is 0.360. The summed E-state index contributed by atoms with van der Waals surface area (Å²) in [6.07, 6.45) is 1.98. The van der Waals surface area contributed by atoms with Gasteiger partial charge in [0.25, 0.3) is 5.91 Å². The van der Waals surface area contributed by atoms with Crippen molar-refractivity contribution in [3.8, 4) is 5.75 Å². The summed E-state index contributed by atoms with van der Waals surface area (Å²) < 4.78 is 17.1. The van der Waals surface area contributed by atoms with Gasteiger partial charge in [-0.3, -0.25) is 9.59 Å². The second-order valence-electron chi connectivity index (χ2n) is 7.94. The standard InChI is InChI=1S/C25H26ClNO5/c1-4-5-10-31-17-8-6-7-16(13-17)22-21-23(28)18-14-19(26)15(2)12-20(18)32-24(21)25(29)27(22)9-11-30-3/h6-8,12-14,22H,4-5,9-11H2,1-3H3. The SMILES string of the molecule is CCCCOc1cccc(C2c3c(oc4cc(C)c(Cl)cc4c3=O)C(=O)N2CCOC)c1. The maximum atomic E-state index is 13.6. The Morgan fingerprint density at radius 1 is 1.16 bits per heavy atom. The van der Waals surface area contributed by atoms with E-state index in [1.165, 1.54) is 0 Å². The molecule has 1 unspecified atom stereocenters. The molecule has 2 aromatic carbocycles. The summed E-state index contributed by atoms with van der Waals surface area (Å²) in [5.41, 5.74) is 1.99. The number of aryl methyl sites for hydroxylation is 1. The molecular formula is C25H26ClNO5. The van der Waals surface area contributed by atoms with Gasteiger partial charge in [0, 0.05) is 18.7 Å². The second kappa shape index (κ2) is 9.35. The Labute approximate surface area is 191 Å². The van der Waals surface area contributed by atoms with Gasteiger partial charge in [0.1, 0.15) is 11.3 Å². The minimum atomic E-state index is -0.594. The van der Waals surface area contributed by atoms with Gasteiger partial charge in [0.15, 0.2) is 5.43 Å². The number of carbonyl (C=O) groups excluding carboxylic acids is 1. The van der Waals surface area contributed by atoms with E-state index in [1.54, 1.807) is 24.1 Å². The summed E-state index contributed by atoms with van der Waals surface area (Å²) in [5.74, 6) is 0.445. The fourth-order valence-corrected chi connectivity index (χ4v) is 4.18. The molecule has 1 atom stereocenters. The molecule has 0 fully saturated rings. The van der Waals surface area contributed by atoms with Crippen LogP contribution in [0.4, 0.5) is 0 Å². The number of rotatable bonds is 8. The summed E-state index contributed by atoms with van der Waals surface area (Å²) in [7, 11) is 1.58. The van der Waals surface area contributed by atoms with E-state index in [0.717, 1.165) is 24.0 Å². The highest BCUT2D eigenvalue weighted by Gasteiger charge is 2.42. The summed E-state index contributed by atoms with van der Waals surface area (Å²) in [6, 6.07) is 10.2. The van der Waals surface area contributed by atoms with E-state index in [9.17, 15) is 9.59 Å². The fourth-order valence-electron chi connectivity index (χ4n) is 4.02. The number of hydrogen-bond acceptors (Lipinski definition) is 5. The van der Waals surface area contributed by atoms with E-state index in [-0.39, 0.29) is 17.1 Å². The van der Waals surface area contributed by atoms with Gasteiger partial charge in [-0.1, -0.05) is 37.1 Å². The molecule has 7 heteroatoms. The van der Waals surface area contributed by atoms with Crippen LogP contribution in [0.5, 0.6) is 5.75 Å². The number of nitrogens with zero attached hydrogens (tertiary/aromatic N) is 1. The smallest absolute Gasteiger partial charge is 0.290 e. The third kappa shape index (κ3) is 4.00. The molecule has 32 heavy (non-hydrogen) atoms. The molecule has 0 saturated heterocycles. The van der Waals surface area contributed by atoms with Gasteiger partial charge in [0.2, 0.25) is 5.76 Å². The molecule has 6 nitrogen and oxygen atoms in total. The van der Waals surface area contributed by atoms with E-state index in [2.05, 4.69) is 6.92 Å². The average molecular weight is 456 g/mol. The minimum absolute atomic E-state index is 0.0719. The van der Waals surface area contributed by atoms with Crippen LogP contribution in [0.25, 0.3) is 11.0 Å². The lowest BCUT2D eigenvalue weighted by Gasteiger charge is -2.25. The van der Waals surface area contributed by atoms with Crippen LogP contribution in [0, 0.1) is 6.92 Å². The molecule has 0 spiro atoms. The summed E-state index contributed by atoms with van der Waals surface area (Å²) >= 11 is 6.28. The Hall–Kier alpha value is -2.83. The van der Waals surface area contributed by atoms with Crippen molar-refractivity contribution in [3.63, 3.8) is 0 Å². The number of carbonyl (C=O) groups is 1. The molecule has 2 heterocycles. The van der Waals surface area contributed by atoms with Gasteiger partial charge in [-0.05, 0) is 48.7 Å². The van der Waals surface area contributed by atoms with Crippen molar-refractivity contribution < 1.29 is 18.7 Å². The summed E-state index contributed by atoms with van der Waals surface area (Å²) in [4.78, 5) is 28.5. The molecule has 1 aliphatic rings. The first-order valence-corrected chi connectivity index (χ1v) is 11.1. The zero-order valence-electron chi connectivity index (χ0n) is 18.4. The highest BCUT2D eigenvalue weighted by atomic mass is 35.5. The number of amides is 1. The highest BCUT2D eigenvalue weighted by Crippen LogP contribution is 2.39. The molecule has 0 saturated carbocycles. The Morgan fingerprint density at radius 2 is 1.97 bits per heavy atom. The van der Waals surface area contributed by atoms with E-state index in [4.69, 9.17) is 25.5 Å². The van der Waals surface area contributed by atoms with Crippen LogP contribution in [0.3, 0.4) is 0 Å². The molecule has 1 amide bonds. The Balaban J connectivity index is 1.87. The van der Waals surface area contributed by atoms with Crippen LogP contribution in [0.1, 0.15) is 53.1 Å². The van der Waals surface area contributed by atoms with Gasteiger partial charge < -0.3 is 18.8 Å². The van der Waals surface area contributed by atoms with Gasteiger partial charge in [-0.15, -0.1) is 0 Å². The quantitative estimate of drug-likeness (QED) is 0.440. The molecule has 1 aromatic heterocycles. The second-order valence-corrected chi connectivity index (χ2v) is 8.35. The lowest BCUT2D eigenvalue weighted by molar-refractivity contribution is 0.0663. The van der Waals surface area contributed by atoms with Gasteiger partial charge in [0.05, 0.1) is 30.2 Å². The lowest BCUT2D eigenvalue weighted by atomic mass is 9.98. The van der Waals surface area contributed by atoms with Gasteiger partial charge in [-0.25, -0.2) is 0 Å². The third-order valence-corrected chi connectivity index (χ3v) is 6.13. The van der Waals surface area contributed by atoms with Crippen molar-refractivity contribution in [1.82, 2.24) is 4.90 Å². The van der Waals surface area contributed by atoms with E-state index in [0.29, 0.717) is 47.1 Å². The molecule has 0 radical (unpaired) electrons. The van der Waals surface area contributed by atoms with Crippen molar-refractivity contribution in [1.29, 1.82) is 0 Å². The first kappa shape index (κ1) is 22.4. The monoisotopic (exact) mass is 455 g/mol. The number of fused-ring (bicyclic) bond motifs is 2. The average Bonchev–Trinajstić information content (AvgIpc) is 3.06. The largest absolute Gasteiger partial charge is 0.494 e. The number of hydrogen-bond donors (Lipinski definition) is 0. The van der Waals surface area contributed by atoms with Crippen LogP contribution in [0.2, 0.25) is 5.02 Å². The zero-order valence-corrected chi connectivity index (χ0v) is 19.2. The zero-order chi connectivity index (χ0) is 22.8. The highest BCUT2D eigenvalue weighted by molar-refractivity contribution is 6.32. The predicted octanol–water partition coefficient (Wildman–Crippen LogP) is 5.13. The molecule has 0 aliphatic carbocycles. The maximum absolute atomic E-state index is 13.6. The number of unbranched alkanes of at least 4 members (excludes halogenated alkanes) is 1. The number of halogens is 1. The summed E-state index contributed by atoms with van der Waals surface area (Å²) in [5, 5.41) is 0.842. The molecule has 4 rings (SSSR count). The number of benzene rings is 2. The topological polar surface area (TPSA) is 69.0 Å². The third-order valence-electron chi connectivity index (χ3n) is 5.72. The Bertz CT molecular complexity index is 1220. The van der Waals surface area contributed by atoms with E-state index in [1.807, 2.05) is 31.2 Å². The van der Waals surface area contributed by atoms with Gasteiger partial charge in [-0.2, -0.15) is 0 Å². The van der Waals surface area contributed by atoms with Gasteiger partial charge >= 0.3 is 0 Å². The van der Waals surface area contributed by atoms with E-state index >= 15 is 0 Å². The maximum Gasteiger partial charge on any atom is 0.290 e. The van der Waals surface area contributed by atoms with Crippen LogP contribution in [-0.2, 0) is 4.74 Å². The molecule has 1 aliphatic heterocycles. The van der Waals surface area contributed by atoms with Crippen LogP contribution >= 0.6 is 11.6 Å². The first-order valence-electron chi connectivity index (χ1n) is 10.8. The van der Waals surface area contributed by atoms with Crippen LogP contribution < -0.4 is 10.2 Å². The molecule has 0 N–H and O–H groups in total. The molecule has 3 aromatic rings.